The van der Waals surface area contributed by atoms with Crippen LogP contribution in [0.2, 0.25) is 0 Å². The van der Waals surface area contributed by atoms with Crippen molar-refractivity contribution in [3.63, 3.8) is 0 Å². The monoisotopic (exact) mass is 459 g/mol. The van der Waals surface area contributed by atoms with Gasteiger partial charge < -0.3 is 30.3 Å². The lowest BCUT2D eigenvalue weighted by atomic mass is 10.1. The number of hydrogen-bond donors (Lipinski definition) is 3. The molecule has 2 aliphatic heterocycles. The van der Waals surface area contributed by atoms with Crippen LogP contribution in [-0.2, 0) is 14.3 Å². The highest BCUT2D eigenvalue weighted by Crippen LogP contribution is 2.40. The fraction of sp³-hybridized carbons (Fsp3) is 0.429. The first kappa shape index (κ1) is 22.7. The summed E-state index contributed by atoms with van der Waals surface area (Å²) in [7, 11) is 1.58. The quantitative estimate of drug-likeness (QED) is 0.498. The maximum Gasteiger partial charge on any atom is 0.271 e. The Morgan fingerprint density at radius 3 is 2.82 bits per heavy atom. The molecule has 12 heteroatoms. The number of nitrogens with zero attached hydrogens (tertiary/aromatic N) is 5. The number of anilines is 3. The van der Waals surface area contributed by atoms with Crippen molar-refractivity contribution in [2.45, 2.75) is 26.1 Å². The summed E-state index contributed by atoms with van der Waals surface area (Å²) < 4.78 is 19.5. The third-order valence-electron chi connectivity index (χ3n) is 5.45. The molecule has 0 aliphatic carbocycles. The molecule has 0 radical (unpaired) electrons. The number of fused-ring (bicyclic) bond motifs is 1. The van der Waals surface area contributed by atoms with Crippen molar-refractivity contribution in [3.05, 3.63) is 41.5 Å². The number of pyridine rings is 1. The van der Waals surface area contributed by atoms with Crippen LogP contribution in [0.3, 0.4) is 0 Å². The van der Waals surface area contributed by atoms with Gasteiger partial charge in [0, 0.05) is 37.9 Å². The smallest absolute Gasteiger partial charge is 0.271 e. The summed E-state index contributed by atoms with van der Waals surface area (Å²) in [6.45, 7) is 4.72. The van der Waals surface area contributed by atoms with Gasteiger partial charge in [-0.15, -0.1) is 0 Å². The number of ether oxygens (including phenoxy) is 1. The van der Waals surface area contributed by atoms with E-state index >= 15 is 0 Å². The normalized spacial score (nSPS) is 17.5. The fourth-order valence-corrected chi connectivity index (χ4v) is 3.85. The second-order valence-corrected chi connectivity index (χ2v) is 8.02. The van der Waals surface area contributed by atoms with E-state index in [0.29, 0.717) is 30.4 Å². The van der Waals surface area contributed by atoms with Crippen LogP contribution in [0.5, 0.6) is 0 Å². The van der Waals surface area contributed by atoms with Gasteiger partial charge in [-0.1, -0.05) is 0 Å². The van der Waals surface area contributed by atoms with E-state index < -0.39 is 18.0 Å². The Kier molecular flexibility index (Phi) is 6.29. The zero-order valence-corrected chi connectivity index (χ0v) is 18.6. The van der Waals surface area contributed by atoms with Gasteiger partial charge in [0.2, 0.25) is 5.91 Å². The van der Waals surface area contributed by atoms with E-state index in [1.165, 1.54) is 16.8 Å². The average Bonchev–Trinajstić information content (AvgIpc) is 3.35. The van der Waals surface area contributed by atoms with Gasteiger partial charge in [0.05, 0.1) is 12.8 Å². The molecule has 0 saturated heterocycles. The first-order valence-corrected chi connectivity index (χ1v) is 10.5. The molecule has 2 aromatic rings. The van der Waals surface area contributed by atoms with Crippen molar-refractivity contribution in [3.8, 4) is 0 Å². The van der Waals surface area contributed by atoms with Gasteiger partial charge in [0.15, 0.2) is 6.23 Å². The van der Waals surface area contributed by atoms with E-state index in [-0.39, 0.29) is 36.6 Å². The predicted octanol–water partition coefficient (Wildman–Crippen LogP) is 0.930. The van der Waals surface area contributed by atoms with E-state index in [2.05, 4.69) is 20.7 Å². The van der Waals surface area contributed by atoms with Crippen LogP contribution in [-0.4, -0.2) is 76.0 Å². The Hall–Kier alpha value is -3.51. The highest BCUT2D eigenvalue weighted by atomic mass is 19.1. The number of amides is 2. The zero-order chi connectivity index (χ0) is 23.7. The molecule has 4 heterocycles. The molecule has 1 atom stereocenters. The van der Waals surface area contributed by atoms with E-state index in [1.807, 2.05) is 13.8 Å². The summed E-state index contributed by atoms with van der Waals surface area (Å²) >= 11 is 0. The Labute approximate surface area is 189 Å². The molecule has 0 saturated carbocycles. The maximum atomic E-state index is 13.2. The van der Waals surface area contributed by atoms with Gasteiger partial charge in [-0.05, 0) is 26.0 Å². The van der Waals surface area contributed by atoms with Gasteiger partial charge in [-0.2, -0.15) is 5.10 Å². The molecule has 11 nitrogen and oxygen atoms in total. The van der Waals surface area contributed by atoms with E-state index in [4.69, 9.17) is 4.74 Å². The molecule has 2 amide bonds. The molecule has 2 aliphatic rings. The van der Waals surface area contributed by atoms with Gasteiger partial charge in [0.25, 0.3) is 5.91 Å². The van der Waals surface area contributed by atoms with Crippen LogP contribution in [0.1, 0.15) is 20.1 Å². The summed E-state index contributed by atoms with van der Waals surface area (Å²) in [5.41, 5.74) is 0.731. The third-order valence-corrected chi connectivity index (χ3v) is 5.45. The van der Waals surface area contributed by atoms with Crippen molar-refractivity contribution >= 4 is 29.3 Å². The fourth-order valence-electron chi connectivity index (χ4n) is 3.85. The molecule has 0 spiro atoms. The lowest BCUT2D eigenvalue weighted by molar-refractivity contribution is -0.127. The standard InChI is InChI=1S/C21H26FN7O4/c1-12(2)27-10-14-19(21(27)32)28(11-17(30)25-15-5-4-13(22)9-24-15)18-8-16(23-6-7-33-3)26-29(18)20(14)31/h4-5,8-9,12,20,31H,6-7,10-11H2,1-3H3,(H,23,26)(H,24,25,30). The molecular weight excluding hydrogens is 433 g/mol. The van der Waals surface area contributed by atoms with Gasteiger partial charge in [-0.3, -0.25) is 9.59 Å². The Morgan fingerprint density at radius 1 is 1.36 bits per heavy atom. The highest BCUT2D eigenvalue weighted by molar-refractivity contribution is 6.04. The van der Waals surface area contributed by atoms with Crippen molar-refractivity contribution in [2.24, 2.45) is 0 Å². The summed E-state index contributed by atoms with van der Waals surface area (Å²) in [5.74, 6) is -0.202. The average molecular weight is 459 g/mol. The number of aromatic nitrogens is 3. The minimum absolute atomic E-state index is 0.0898. The number of hydrogen-bond acceptors (Lipinski definition) is 8. The predicted molar refractivity (Wildman–Crippen MR) is 118 cm³/mol. The first-order chi connectivity index (χ1) is 15.8. The zero-order valence-electron chi connectivity index (χ0n) is 18.6. The highest BCUT2D eigenvalue weighted by Gasteiger charge is 2.44. The molecule has 1 unspecified atom stereocenters. The van der Waals surface area contributed by atoms with Gasteiger partial charge in [-0.25, -0.2) is 14.1 Å². The molecule has 33 heavy (non-hydrogen) atoms. The number of halogens is 1. The molecular formula is C21H26FN7O4. The van der Waals surface area contributed by atoms with Crippen LogP contribution in [0.15, 0.2) is 35.7 Å². The van der Waals surface area contributed by atoms with Crippen LogP contribution in [0.4, 0.5) is 21.8 Å². The second kappa shape index (κ2) is 9.16. The van der Waals surface area contributed by atoms with Gasteiger partial charge in [0.1, 0.15) is 35.5 Å². The number of carbonyl (C=O) groups excluding carboxylic acids is 2. The number of nitrogens with one attached hydrogen (secondary N) is 2. The molecule has 3 N–H and O–H groups in total. The number of methoxy groups -OCH3 is 1. The largest absolute Gasteiger partial charge is 0.383 e. The summed E-state index contributed by atoms with van der Waals surface area (Å²) in [4.78, 5) is 33.0. The van der Waals surface area contributed by atoms with Crippen molar-refractivity contribution in [2.75, 3.05) is 48.9 Å². The Bertz CT molecular complexity index is 1080. The van der Waals surface area contributed by atoms with Crippen LogP contribution in [0, 0.1) is 5.82 Å². The van der Waals surface area contributed by atoms with E-state index in [9.17, 15) is 19.1 Å². The second-order valence-electron chi connectivity index (χ2n) is 8.02. The van der Waals surface area contributed by atoms with Crippen LogP contribution in [0.25, 0.3) is 0 Å². The molecule has 176 valence electrons. The number of aliphatic hydroxyl groups is 1. The Morgan fingerprint density at radius 2 is 2.15 bits per heavy atom. The molecule has 2 aromatic heterocycles. The summed E-state index contributed by atoms with van der Waals surface area (Å²) in [6.07, 6.45) is -0.139. The third kappa shape index (κ3) is 4.39. The van der Waals surface area contributed by atoms with Crippen molar-refractivity contribution in [1.29, 1.82) is 0 Å². The molecule has 4 rings (SSSR count). The van der Waals surface area contributed by atoms with E-state index in [0.717, 1.165) is 6.20 Å². The minimum atomic E-state index is -1.14. The first-order valence-electron chi connectivity index (χ1n) is 10.5. The molecule has 0 aromatic carbocycles. The molecule has 0 fully saturated rings. The number of aliphatic hydroxyl groups excluding tert-OH is 1. The number of rotatable bonds is 8. The lowest BCUT2D eigenvalue weighted by Gasteiger charge is -2.31. The van der Waals surface area contributed by atoms with Crippen molar-refractivity contribution < 1.29 is 23.8 Å². The SMILES string of the molecule is COCCNc1cc2n(n1)C(O)C1=C(C(=O)N(C(C)C)C1)N2CC(=O)Nc1ccc(F)cn1. The molecule has 0 bridgehead atoms. The van der Waals surface area contributed by atoms with Crippen LogP contribution >= 0.6 is 0 Å². The topological polar surface area (TPSA) is 125 Å². The Balaban J connectivity index is 1.64. The van der Waals surface area contributed by atoms with Crippen LogP contribution < -0.4 is 15.5 Å². The van der Waals surface area contributed by atoms with E-state index in [1.54, 1.807) is 23.0 Å². The maximum absolute atomic E-state index is 13.2. The minimum Gasteiger partial charge on any atom is -0.383 e. The lowest BCUT2D eigenvalue weighted by Crippen LogP contribution is -2.42. The van der Waals surface area contributed by atoms with Gasteiger partial charge >= 0.3 is 0 Å². The number of carbonyl (C=O) groups is 2. The summed E-state index contributed by atoms with van der Waals surface area (Å²) in [6, 6.07) is 4.11. The van der Waals surface area contributed by atoms with Crippen molar-refractivity contribution in [1.82, 2.24) is 19.7 Å². The summed E-state index contributed by atoms with van der Waals surface area (Å²) in [5, 5.41) is 21.1.